The minimum atomic E-state index is -1.13. The number of aromatic nitrogens is 3. The summed E-state index contributed by atoms with van der Waals surface area (Å²) in [4.78, 5) is 10.8. The molecule has 2 aromatic heterocycles. The van der Waals surface area contributed by atoms with Crippen molar-refractivity contribution in [2.45, 2.75) is 0 Å². The molecule has 0 atom stereocenters. The smallest absolute Gasteiger partial charge is 0.358 e. The van der Waals surface area contributed by atoms with Crippen LogP contribution in [-0.2, 0) is 7.05 Å². The molecule has 2 heterocycles. The van der Waals surface area contributed by atoms with Gasteiger partial charge >= 0.3 is 5.97 Å². The number of carbonyl (C=O) groups is 1. The highest BCUT2D eigenvalue weighted by molar-refractivity contribution is 6.34. The molecule has 0 unspecified atom stereocenters. The van der Waals surface area contributed by atoms with Gasteiger partial charge in [0.1, 0.15) is 0 Å². The van der Waals surface area contributed by atoms with E-state index in [0.29, 0.717) is 16.5 Å². The Hall–Kier alpha value is -2.34. The van der Waals surface area contributed by atoms with Crippen LogP contribution >= 0.6 is 11.6 Å². The SMILES string of the molecule is Cn1nc(Cl)c2cccc(-c3cc(C(=O)O)no3)c21. The number of rotatable bonds is 2. The van der Waals surface area contributed by atoms with Crippen molar-refractivity contribution in [3.8, 4) is 11.3 Å². The Bertz CT molecular complexity index is 791. The first kappa shape index (κ1) is 11.7. The Balaban J connectivity index is 2.27. The zero-order valence-electron chi connectivity index (χ0n) is 9.79. The van der Waals surface area contributed by atoms with E-state index in [9.17, 15) is 4.79 Å². The molecular weight excluding hydrogens is 270 g/mol. The van der Waals surface area contributed by atoms with Crippen LogP contribution in [-0.4, -0.2) is 26.0 Å². The minimum absolute atomic E-state index is 0.139. The molecule has 0 saturated heterocycles. The van der Waals surface area contributed by atoms with Gasteiger partial charge in [0.15, 0.2) is 16.6 Å². The predicted octanol–water partition coefficient (Wildman–Crippen LogP) is 2.58. The van der Waals surface area contributed by atoms with Gasteiger partial charge in [-0.1, -0.05) is 22.8 Å². The molecule has 0 bridgehead atoms. The molecule has 3 rings (SSSR count). The third kappa shape index (κ3) is 1.77. The van der Waals surface area contributed by atoms with Gasteiger partial charge in [0.25, 0.3) is 0 Å². The lowest BCUT2D eigenvalue weighted by molar-refractivity contribution is 0.0686. The predicted molar refractivity (Wildman–Crippen MR) is 68.2 cm³/mol. The summed E-state index contributed by atoms with van der Waals surface area (Å²) in [5.74, 6) is -0.770. The zero-order valence-corrected chi connectivity index (χ0v) is 10.5. The van der Waals surface area contributed by atoms with Crippen LogP contribution in [0.4, 0.5) is 0 Å². The van der Waals surface area contributed by atoms with E-state index < -0.39 is 5.97 Å². The van der Waals surface area contributed by atoms with Crippen molar-refractivity contribution in [2.75, 3.05) is 0 Å². The average Bonchev–Trinajstić information content (AvgIpc) is 2.96. The molecule has 0 saturated carbocycles. The zero-order chi connectivity index (χ0) is 13.6. The number of carboxylic acids is 1. The number of halogens is 1. The molecule has 0 radical (unpaired) electrons. The summed E-state index contributed by atoms with van der Waals surface area (Å²) >= 11 is 6.02. The molecule has 7 heteroatoms. The van der Waals surface area contributed by atoms with E-state index in [0.717, 1.165) is 10.9 Å². The summed E-state index contributed by atoms with van der Waals surface area (Å²) in [5, 5.41) is 17.6. The number of hydrogen-bond donors (Lipinski definition) is 1. The summed E-state index contributed by atoms with van der Waals surface area (Å²) in [6.07, 6.45) is 0. The summed E-state index contributed by atoms with van der Waals surface area (Å²) in [7, 11) is 1.76. The second kappa shape index (κ2) is 4.10. The number of aryl methyl sites for hydroxylation is 1. The quantitative estimate of drug-likeness (QED) is 0.778. The van der Waals surface area contributed by atoms with Crippen LogP contribution in [0.25, 0.3) is 22.2 Å². The number of aromatic carboxylic acids is 1. The van der Waals surface area contributed by atoms with Crippen LogP contribution in [0.2, 0.25) is 5.15 Å². The Morgan fingerprint density at radius 1 is 1.47 bits per heavy atom. The maximum atomic E-state index is 10.8. The van der Waals surface area contributed by atoms with E-state index in [1.807, 2.05) is 6.07 Å². The van der Waals surface area contributed by atoms with Gasteiger partial charge in [0.05, 0.1) is 5.52 Å². The fraction of sp³-hybridized carbons (Fsp3) is 0.0833. The molecule has 19 heavy (non-hydrogen) atoms. The minimum Gasteiger partial charge on any atom is -0.476 e. The van der Waals surface area contributed by atoms with Gasteiger partial charge in [-0.25, -0.2) is 4.79 Å². The average molecular weight is 278 g/mol. The number of para-hydroxylation sites is 1. The van der Waals surface area contributed by atoms with Gasteiger partial charge in [-0.2, -0.15) is 5.10 Å². The highest BCUT2D eigenvalue weighted by Gasteiger charge is 2.17. The maximum absolute atomic E-state index is 10.8. The number of carboxylic acid groups (broad SMARTS) is 1. The number of benzene rings is 1. The van der Waals surface area contributed by atoms with E-state index >= 15 is 0 Å². The Kier molecular flexibility index (Phi) is 2.53. The van der Waals surface area contributed by atoms with E-state index in [1.54, 1.807) is 23.9 Å². The molecule has 6 nitrogen and oxygen atoms in total. The molecule has 0 fully saturated rings. The van der Waals surface area contributed by atoms with E-state index in [1.165, 1.54) is 6.07 Å². The van der Waals surface area contributed by atoms with Crippen LogP contribution in [0.15, 0.2) is 28.8 Å². The first-order chi connectivity index (χ1) is 9.08. The fourth-order valence-electron chi connectivity index (χ4n) is 2.00. The molecule has 0 aliphatic rings. The van der Waals surface area contributed by atoms with Crippen LogP contribution < -0.4 is 0 Å². The molecule has 3 aromatic rings. The summed E-state index contributed by atoms with van der Waals surface area (Å²) < 4.78 is 6.69. The Labute approximate surface area is 112 Å². The number of nitrogens with zero attached hydrogens (tertiary/aromatic N) is 3. The molecule has 0 spiro atoms. The Morgan fingerprint density at radius 3 is 2.95 bits per heavy atom. The molecule has 0 amide bonds. The van der Waals surface area contributed by atoms with Crippen molar-refractivity contribution in [2.24, 2.45) is 7.05 Å². The van der Waals surface area contributed by atoms with Gasteiger partial charge in [-0.3, -0.25) is 4.68 Å². The summed E-state index contributed by atoms with van der Waals surface area (Å²) in [5.41, 5.74) is 1.32. The summed E-state index contributed by atoms with van der Waals surface area (Å²) in [6.45, 7) is 0. The topological polar surface area (TPSA) is 81.2 Å². The van der Waals surface area contributed by atoms with Crippen molar-refractivity contribution in [1.82, 2.24) is 14.9 Å². The molecule has 0 aliphatic heterocycles. The van der Waals surface area contributed by atoms with Gasteiger partial charge in [0.2, 0.25) is 0 Å². The molecule has 1 aromatic carbocycles. The fourth-order valence-corrected chi connectivity index (χ4v) is 2.26. The first-order valence-corrected chi connectivity index (χ1v) is 5.77. The first-order valence-electron chi connectivity index (χ1n) is 5.39. The van der Waals surface area contributed by atoms with Gasteiger partial charge in [-0.15, -0.1) is 0 Å². The van der Waals surface area contributed by atoms with Gasteiger partial charge in [0, 0.05) is 24.1 Å². The second-order valence-electron chi connectivity index (χ2n) is 4.00. The van der Waals surface area contributed by atoms with Crippen molar-refractivity contribution in [3.63, 3.8) is 0 Å². The number of hydrogen-bond acceptors (Lipinski definition) is 4. The third-order valence-electron chi connectivity index (χ3n) is 2.81. The van der Waals surface area contributed by atoms with Crippen LogP contribution in [0.5, 0.6) is 0 Å². The Morgan fingerprint density at radius 2 is 2.26 bits per heavy atom. The summed E-state index contributed by atoms with van der Waals surface area (Å²) in [6, 6.07) is 6.81. The highest BCUT2D eigenvalue weighted by Crippen LogP contribution is 2.32. The van der Waals surface area contributed by atoms with E-state index in [2.05, 4.69) is 10.3 Å². The van der Waals surface area contributed by atoms with Crippen molar-refractivity contribution >= 4 is 28.5 Å². The maximum Gasteiger partial charge on any atom is 0.358 e. The molecular formula is C12H8ClN3O3. The lowest BCUT2D eigenvalue weighted by Crippen LogP contribution is -1.94. The normalized spacial score (nSPS) is 11.1. The van der Waals surface area contributed by atoms with Gasteiger partial charge in [-0.05, 0) is 12.1 Å². The van der Waals surface area contributed by atoms with E-state index in [4.69, 9.17) is 21.2 Å². The lowest BCUT2D eigenvalue weighted by atomic mass is 10.1. The van der Waals surface area contributed by atoms with E-state index in [-0.39, 0.29) is 5.69 Å². The monoisotopic (exact) mass is 277 g/mol. The van der Waals surface area contributed by atoms with Gasteiger partial charge < -0.3 is 9.63 Å². The van der Waals surface area contributed by atoms with Crippen molar-refractivity contribution < 1.29 is 14.4 Å². The van der Waals surface area contributed by atoms with Crippen LogP contribution in [0.1, 0.15) is 10.5 Å². The molecule has 1 N–H and O–H groups in total. The lowest BCUT2D eigenvalue weighted by Gasteiger charge is -2.00. The largest absolute Gasteiger partial charge is 0.476 e. The van der Waals surface area contributed by atoms with Crippen LogP contribution in [0.3, 0.4) is 0 Å². The second-order valence-corrected chi connectivity index (χ2v) is 4.36. The molecule has 96 valence electrons. The van der Waals surface area contributed by atoms with Crippen LogP contribution in [0, 0.1) is 0 Å². The third-order valence-corrected chi connectivity index (χ3v) is 3.09. The highest BCUT2D eigenvalue weighted by atomic mass is 35.5. The molecule has 0 aliphatic carbocycles. The van der Waals surface area contributed by atoms with Crippen molar-refractivity contribution in [3.05, 3.63) is 35.1 Å². The standard InChI is InChI=1S/C12H8ClN3O3/c1-16-10-6(3-2-4-7(10)11(13)14-16)9-5-8(12(17)18)15-19-9/h2-5H,1H3,(H,17,18). The van der Waals surface area contributed by atoms with Crippen molar-refractivity contribution in [1.29, 1.82) is 0 Å². The number of fused-ring (bicyclic) bond motifs is 1.